The summed E-state index contributed by atoms with van der Waals surface area (Å²) in [7, 11) is 0. The molecule has 4 rings (SSSR count). The molecule has 1 aromatic heterocycles. The number of rotatable bonds is 5. The lowest BCUT2D eigenvalue weighted by atomic mass is 10.2. The number of halogens is 4. The Morgan fingerprint density at radius 3 is 2.42 bits per heavy atom. The van der Waals surface area contributed by atoms with Crippen molar-refractivity contribution in [1.82, 2.24) is 9.78 Å². The van der Waals surface area contributed by atoms with Crippen molar-refractivity contribution in [2.75, 3.05) is 6.61 Å². The zero-order valence-electron chi connectivity index (χ0n) is 16.0. The number of ether oxygens (including phenoxy) is 2. The van der Waals surface area contributed by atoms with Crippen molar-refractivity contribution >= 4 is 40.1 Å². The van der Waals surface area contributed by atoms with Gasteiger partial charge in [-0.1, -0.05) is 35.3 Å². The lowest BCUT2D eigenvalue weighted by molar-refractivity contribution is 0.0526. The summed E-state index contributed by atoms with van der Waals surface area (Å²) in [5.74, 6) is -1.97. The van der Waals surface area contributed by atoms with E-state index in [-0.39, 0.29) is 50.4 Å². The van der Waals surface area contributed by atoms with Crippen LogP contribution in [0.2, 0.25) is 10.0 Å². The molecule has 0 saturated heterocycles. The molecular weight excluding hydrogens is 449 g/mol. The predicted molar refractivity (Wildman–Crippen MR) is 113 cm³/mol. The Balaban J connectivity index is 1.85. The maximum Gasteiger partial charge on any atom is 0.338 e. The van der Waals surface area contributed by atoms with Crippen LogP contribution in [0.4, 0.5) is 8.78 Å². The van der Waals surface area contributed by atoms with Crippen molar-refractivity contribution in [2.24, 2.45) is 0 Å². The molecule has 0 N–H and O–H groups in total. The van der Waals surface area contributed by atoms with E-state index in [4.69, 9.17) is 32.7 Å². The van der Waals surface area contributed by atoms with E-state index in [0.29, 0.717) is 0 Å². The van der Waals surface area contributed by atoms with Crippen molar-refractivity contribution in [3.8, 4) is 17.3 Å². The minimum absolute atomic E-state index is 0.0107. The normalized spacial score (nSPS) is 11.0. The van der Waals surface area contributed by atoms with Crippen LogP contribution < -0.4 is 4.74 Å². The van der Waals surface area contributed by atoms with E-state index < -0.39 is 17.6 Å². The van der Waals surface area contributed by atoms with Gasteiger partial charge in [0.25, 0.3) is 0 Å². The lowest BCUT2D eigenvalue weighted by Crippen LogP contribution is -2.07. The fraction of sp³-hybridized carbons (Fsp3) is 0.0909. The highest BCUT2D eigenvalue weighted by Gasteiger charge is 2.21. The fourth-order valence-electron chi connectivity index (χ4n) is 3.04. The summed E-state index contributed by atoms with van der Waals surface area (Å²) < 4.78 is 41.3. The number of fused-ring (bicyclic) bond motifs is 1. The monoisotopic (exact) mass is 462 g/mol. The number of esters is 1. The largest absolute Gasteiger partial charge is 0.462 e. The van der Waals surface area contributed by atoms with Gasteiger partial charge >= 0.3 is 5.97 Å². The number of aromatic nitrogens is 2. The highest BCUT2D eigenvalue weighted by Crippen LogP contribution is 2.39. The molecule has 3 aromatic carbocycles. The maximum atomic E-state index is 14.9. The molecule has 4 aromatic rings. The molecule has 158 valence electrons. The summed E-state index contributed by atoms with van der Waals surface area (Å²) in [6.45, 7) is 1.80. The highest BCUT2D eigenvalue weighted by molar-refractivity contribution is 6.37. The van der Waals surface area contributed by atoms with Crippen LogP contribution in [0.15, 0.2) is 54.6 Å². The van der Waals surface area contributed by atoms with Crippen LogP contribution in [0, 0.1) is 11.6 Å². The van der Waals surface area contributed by atoms with Gasteiger partial charge < -0.3 is 9.47 Å². The fourth-order valence-corrected chi connectivity index (χ4v) is 3.52. The smallest absolute Gasteiger partial charge is 0.338 e. The van der Waals surface area contributed by atoms with Crippen LogP contribution >= 0.6 is 23.2 Å². The van der Waals surface area contributed by atoms with E-state index in [0.717, 1.165) is 10.7 Å². The van der Waals surface area contributed by atoms with E-state index in [2.05, 4.69) is 5.10 Å². The quantitative estimate of drug-likeness (QED) is 0.314. The third-order valence-corrected chi connectivity index (χ3v) is 5.02. The molecule has 0 atom stereocenters. The molecule has 5 nitrogen and oxygen atoms in total. The Kier molecular flexibility index (Phi) is 5.80. The van der Waals surface area contributed by atoms with Gasteiger partial charge in [-0.2, -0.15) is 0 Å². The molecule has 0 aliphatic rings. The number of hydrogen-bond donors (Lipinski definition) is 0. The average Bonchev–Trinajstić information content (AvgIpc) is 3.10. The summed E-state index contributed by atoms with van der Waals surface area (Å²) in [4.78, 5) is 11.9. The highest BCUT2D eigenvalue weighted by atomic mass is 35.5. The van der Waals surface area contributed by atoms with Gasteiger partial charge in [0, 0.05) is 0 Å². The molecular formula is C22H14Cl2F2N2O3. The van der Waals surface area contributed by atoms with Gasteiger partial charge in [-0.3, -0.25) is 0 Å². The lowest BCUT2D eigenvalue weighted by Gasteiger charge is -2.08. The van der Waals surface area contributed by atoms with Crippen LogP contribution in [-0.2, 0) is 4.74 Å². The Morgan fingerprint density at radius 1 is 1.03 bits per heavy atom. The zero-order valence-corrected chi connectivity index (χ0v) is 17.5. The van der Waals surface area contributed by atoms with Gasteiger partial charge in [0.2, 0.25) is 5.88 Å². The number of carbonyl (C=O) groups excluding carboxylic acids is 1. The van der Waals surface area contributed by atoms with E-state index in [1.807, 2.05) is 0 Å². The van der Waals surface area contributed by atoms with E-state index in [1.165, 1.54) is 24.3 Å². The molecule has 0 fully saturated rings. The minimum Gasteiger partial charge on any atom is -0.462 e. The molecule has 0 radical (unpaired) electrons. The number of carbonyl (C=O) groups is 1. The first-order chi connectivity index (χ1) is 14.9. The number of nitrogens with zero attached hydrogens (tertiary/aromatic N) is 2. The molecule has 0 aliphatic heterocycles. The summed E-state index contributed by atoms with van der Waals surface area (Å²) in [6.07, 6.45) is 0. The second-order valence-corrected chi connectivity index (χ2v) is 7.21. The first-order valence-electron chi connectivity index (χ1n) is 9.17. The van der Waals surface area contributed by atoms with Crippen molar-refractivity contribution in [3.05, 3.63) is 81.8 Å². The number of hydrogen-bond acceptors (Lipinski definition) is 4. The summed E-state index contributed by atoms with van der Waals surface area (Å²) in [5.41, 5.74) is -0.0638. The minimum atomic E-state index is -0.791. The van der Waals surface area contributed by atoms with Crippen molar-refractivity contribution < 1.29 is 23.0 Å². The van der Waals surface area contributed by atoms with E-state index in [1.54, 1.807) is 31.2 Å². The van der Waals surface area contributed by atoms with Crippen LogP contribution in [0.3, 0.4) is 0 Å². The van der Waals surface area contributed by atoms with Crippen LogP contribution in [0.5, 0.6) is 11.6 Å². The van der Waals surface area contributed by atoms with Gasteiger partial charge in [-0.15, -0.1) is 5.10 Å². The van der Waals surface area contributed by atoms with E-state index >= 15 is 0 Å². The Bertz CT molecular complexity index is 1290. The van der Waals surface area contributed by atoms with Gasteiger partial charge in [-0.05, 0) is 49.4 Å². The van der Waals surface area contributed by atoms with E-state index in [9.17, 15) is 13.6 Å². The maximum absolute atomic E-state index is 14.9. The van der Waals surface area contributed by atoms with Crippen molar-refractivity contribution in [1.29, 1.82) is 0 Å². The molecule has 1 heterocycles. The topological polar surface area (TPSA) is 53.4 Å². The molecule has 0 bridgehead atoms. The summed E-state index contributed by atoms with van der Waals surface area (Å²) in [5, 5.41) is 5.00. The standard InChI is InChI=1S/C22H14Cl2F2N2O3/c1-2-30-22(29)12-9-10-18(17(26)11-12)28-19-13(5-3-8-16(19)25)21(27-28)31-20-14(23)6-4-7-15(20)24/h3-11H,2H2,1H3. The van der Waals surface area contributed by atoms with Crippen molar-refractivity contribution in [3.63, 3.8) is 0 Å². The van der Waals surface area contributed by atoms with Crippen LogP contribution in [0.1, 0.15) is 17.3 Å². The molecule has 0 unspecified atom stereocenters. The Labute approximate surface area is 185 Å². The number of para-hydroxylation sites is 2. The van der Waals surface area contributed by atoms with Gasteiger partial charge in [-0.25, -0.2) is 18.3 Å². The second-order valence-electron chi connectivity index (χ2n) is 6.39. The van der Waals surface area contributed by atoms with Crippen LogP contribution in [-0.4, -0.2) is 22.4 Å². The predicted octanol–water partition coefficient (Wildman–Crippen LogP) is 6.58. The van der Waals surface area contributed by atoms with Gasteiger partial charge in [0.1, 0.15) is 22.8 Å². The molecule has 31 heavy (non-hydrogen) atoms. The SMILES string of the molecule is CCOC(=O)c1ccc(-n2nc(Oc3c(Cl)cccc3Cl)c3cccc(F)c32)c(F)c1. The van der Waals surface area contributed by atoms with Crippen molar-refractivity contribution in [2.45, 2.75) is 6.92 Å². The average molecular weight is 463 g/mol. The first-order valence-corrected chi connectivity index (χ1v) is 9.92. The summed E-state index contributed by atoms with van der Waals surface area (Å²) >= 11 is 12.3. The third kappa shape index (κ3) is 3.94. The Hall–Kier alpha value is -3.16. The van der Waals surface area contributed by atoms with Gasteiger partial charge in [0.05, 0.1) is 27.6 Å². The zero-order chi connectivity index (χ0) is 22.1. The molecule has 9 heteroatoms. The first kappa shape index (κ1) is 21.1. The molecule has 0 spiro atoms. The molecule has 0 saturated carbocycles. The third-order valence-electron chi connectivity index (χ3n) is 4.42. The van der Waals surface area contributed by atoms with Crippen LogP contribution in [0.25, 0.3) is 16.6 Å². The Morgan fingerprint density at radius 2 is 1.74 bits per heavy atom. The number of benzene rings is 3. The summed E-state index contributed by atoms with van der Waals surface area (Å²) in [6, 6.07) is 12.8. The molecule has 0 aliphatic carbocycles. The second kappa shape index (κ2) is 8.53. The molecule has 0 amide bonds. The van der Waals surface area contributed by atoms with Gasteiger partial charge in [0.15, 0.2) is 5.75 Å².